The first-order valence-electron chi connectivity index (χ1n) is 8.54. The van der Waals surface area contributed by atoms with Gasteiger partial charge in [-0.15, -0.1) is 0 Å². The first kappa shape index (κ1) is 17.8. The third-order valence-electron chi connectivity index (χ3n) is 6.84. The van der Waals surface area contributed by atoms with Gasteiger partial charge in [0, 0.05) is 31.6 Å². The quantitative estimate of drug-likeness (QED) is 0.666. The molecule has 7 heteroatoms. The van der Waals surface area contributed by atoms with E-state index in [4.69, 9.17) is 0 Å². The highest BCUT2D eigenvalue weighted by atomic mass is 79.9. The van der Waals surface area contributed by atoms with Crippen molar-refractivity contribution in [3.63, 3.8) is 0 Å². The summed E-state index contributed by atoms with van der Waals surface area (Å²) in [6, 6.07) is 0. The minimum absolute atomic E-state index is 0.0983. The zero-order valence-corrected chi connectivity index (χ0v) is 16.6. The van der Waals surface area contributed by atoms with E-state index < -0.39 is 20.9 Å². The number of ketones is 1. The Morgan fingerprint density at radius 2 is 1.83 bits per heavy atom. The van der Waals surface area contributed by atoms with Crippen LogP contribution in [0.25, 0.3) is 0 Å². The maximum Gasteiger partial charge on any atom is 0.214 e. The number of nitrogens with zero attached hydrogens (tertiary/aromatic N) is 2. The Morgan fingerprint density at radius 1 is 1.22 bits per heavy atom. The van der Waals surface area contributed by atoms with Gasteiger partial charge >= 0.3 is 0 Å². The average Bonchev–Trinajstić information content (AvgIpc) is 2.83. The number of Topliss-reactive ketones (excluding diaryl/α,β-unsaturated/α-hetero) is 1. The Labute approximate surface area is 148 Å². The Hall–Kier alpha value is 0.0200. The van der Waals surface area contributed by atoms with Gasteiger partial charge in [0.05, 0.1) is 10.6 Å². The first-order chi connectivity index (χ1) is 10.7. The molecule has 2 aliphatic carbocycles. The summed E-state index contributed by atoms with van der Waals surface area (Å²) in [5.41, 5.74) is -0.969. The number of hydrogen-bond donors (Lipinski definition) is 0. The van der Waals surface area contributed by atoms with E-state index in [0.29, 0.717) is 13.1 Å². The Bertz CT molecular complexity index is 602. The van der Waals surface area contributed by atoms with Crippen LogP contribution in [0, 0.1) is 16.7 Å². The molecule has 0 aromatic rings. The van der Waals surface area contributed by atoms with E-state index in [1.807, 2.05) is 13.8 Å². The maximum atomic E-state index is 13.0. The molecule has 4 atom stereocenters. The number of fused-ring (bicyclic) bond motifs is 2. The van der Waals surface area contributed by atoms with E-state index in [9.17, 15) is 13.2 Å². The van der Waals surface area contributed by atoms with Crippen molar-refractivity contribution >= 4 is 31.7 Å². The van der Waals surface area contributed by atoms with Gasteiger partial charge in [0.15, 0.2) is 5.78 Å². The predicted octanol–water partition coefficient (Wildman–Crippen LogP) is 1.72. The van der Waals surface area contributed by atoms with Gasteiger partial charge in [-0.1, -0.05) is 36.7 Å². The summed E-state index contributed by atoms with van der Waals surface area (Å²) >= 11 is 3.53. The summed E-state index contributed by atoms with van der Waals surface area (Å²) in [7, 11) is -3.33. The first-order valence-corrected chi connectivity index (χ1v) is 11.1. The Balaban J connectivity index is 1.80. The molecule has 2 bridgehead atoms. The van der Waals surface area contributed by atoms with Gasteiger partial charge in [-0.2, -0.15) is 4.31 Å². The average molecular weight is 407 g/mol. The van der Waals surface area contributed by atoms with Gasteiger partial charge in [0.1, 0.15) is 0 Å². The molecule has 23 heavy (non-hydrogen) atoms. The van der Waals surface area contributed by atoms with Crippen LogP contribution in [0.4, 0.5) is 0 Å². The highest BCUT2D eigenvalue weighted by Gasteiger charge is 2.68. The van der Waals surface area contributed by atoms with Crippen LogP contribution in [0.5, 0.6) is 0 Å². The lowest BCUT2D eigenvalue weighted by molar-refractivity contribution is -0.127. The molecular weight excluding hydrogens is 380 g/mol. The summed E-state index contributed by atoms with van der Waals surface area (Å²) in [6.45, 7) is 9.79. The summed E-state index contributed by atoms with van der Waals surface area (Å²) in [6.07, 6.45) is 1.75. The Kier molecular flexibility index (Phi) is 4.48. The van der Waals surface area contributed by atoms with E-state index in [0.717, 1.165) is 32.5 Å². The van der Waals surface area contributed by atoms with E-state index >= 15 is 0 Å². The third kappa shape index (κ3) is 2.53. The molecule has 3 aliphatic rings. The van der Waals surface area contributed by atoms with Crippen LogP contribution < -0.4 is 0 Å². The standard InChI is InChI=1S/C16H27BrN2O3S/c1-4-18-7-9-19(10-8-18)23(21,22)11-16(3)12-5-6-15(16,2)14(20)13(12)17/h12-13H,4-11H2,1-3H3/t12-,13+,15+,16-/m0/s1. The minimum Gasteiger partial charge on any atom is -0.301 e. The van der Waals surface area contributed by atoms with Gasteiger partial charge in [-0.3, -0.25) is 4.79 Å². The lowest BCUT2D eigenvalue weighted by Gasteiger charge is -2.39. The van der Waals surface area contributed by atoms with E-state index in [1.54, 1.807) is 4.31 Å². The molecule has 5 nitrogen and oxygen atoms in total. The normalized spacial score (nSPS) is 42.5. The number of piperazine rings is 1. The number of carbonyl (C=O) groups is 1. The summed E-state index contributed by atoms with van der Waals surface area (Å²) < 4.78 is 27.6. The smallest absolute Gasteiger partial charge is 0.214 e. The van der Waals surface area contributed by atoms with Crippen LogP contribution in [0.1, 0.15) is 33.6 Å². The second kappa shape index (κ2) is 5.78. The highest BCUT2D eigenvalue weighted by Crippen LogP contribution is 2.65. The number of halogens is 1. The summed E-state index contributed by atoms with van der Waals surface area (Å²) in [5.74, 6) is 0.426. The summed E-state index contributed by atoms with van der Waals surface area (Å²) in [5, 5.41) is 0. The molecule has 0 unspecified atom stereocenters. The predicted molar refractivity (Wildman–Crippen MR) is 94.1 cm³/mol. The fourth-order valence-electron chi connectivity index (χ4n) is 4.88. The van der Waals surface area contributed by atoms with Crippen molar-refractivity contribution in [3.8, 4) is 0 Å². The van der Waals surface area contributed by atoms with E-state index in [-0.39, 0.29) is 22.3 Å². The monoisotopic (exact) mass is 406 g/mol. The Morgan fingerprint density at radius 3 is 2.30 bits per heavy atom. The molecule has 3 rings (SSSR count). The largest absolute Gasteiger partial charge is 0.301 e. The number of rotatable bonds is 4. The molecule has 0 aromatic heterocycles. The fraction of sp³-hybridized carbons (Fsp3) is 0.938. The topological polar surface area (TPSA) is 57.7 Å². The molecule has 1 saturated heterocycles. The van der Waals surface area contributed by atoms with Crippen LogP contribution in [-0.4, -0.2) is 66.7 Å². The van der Waals surface area contributed by atoms with Crippen molar-refractivity contribution in [2.75, 3.05) is 38.5 Å². The molecule has 0 aromatic carbocycles. The summed E-state index contributed by atoms with van der Waals surface area (Å²) in [4.78, 5) is 14.7. The van der Waals surface area contributed by atoms with Crippen LogP contribution in [0.15, 0.2) is 0 Å². The zero-order chi connectivity index (χ0) is 17.0. The molecule has 0 N–H and O–H groups in total. The van der Waals surface area contributed by atoms with Crippen molar-refractivity contribution in [1.29, 1.82) is 0 Å². The van der Waals surface area contributed by atoms with Crippen molar-refractivity contribution in [2.45, 2.75) is 38.4 Å². The highest BCUT2D eigenvalue weighted by molar-refractivity contribution is 9.10. The van der Waals surface area contributed by atoms with Crippen LogP contribution in [0.3, 0.4) is 0 Å². The number of alkyl halides is 1. The molecular formula is C16H27BrN2O3S. The van der Waals surface area contributed by atoms with Gasteiger partial charge in [-0.05, 0) is 30.7 Å². The third-order valence-corrected chi connectivity index (χ3v) is 10.0. The van der Waals surface area contributed by atoms with Crippen LogP contribution in [0.2, 0.25) is 0 Å². The molecule has 1 aliphatic heterocycles. The number of likely N-dealkylation sites (N-methyl/N-ethyl adjacent to an activating group) is 1. The number of hydrogen-bond acceptors (Lipinski definition) is 4. The van der Waals surface area contributed by atoms with Crippen molar-refractivity contribution in [3.05, 3.63) is 0 Å². The molecule has 0 spiro atoms. The molecule has 0 amide bonds. The van der Waals surface area contributed by atoms with Gasteiger partial charge in [0.25, 0.3) is 0 Å². The second-order valence-electron chi connectivity index (χ2n) is 7.75. The fourth-order valence-corrected chi connectivity index (χ4v) is 8.42. The van der Waals surface area contributed by atoms with E-state index in [2.05, 4.69) is 27.8 Å². The van der Waals surface area contributed by atoms with Gasteiger partial charge in [-0.25, -0.2) is 8.42 Å². The number of sulfonamides is 1. The van der Waals surface area contributed by atoms with Crippen molar-refractivity contribution < 1.29 is 13.2 Å². The van der Waals surface area contributed by atoms with Crippen LogP contribution >= 0.6 is 15.9 Å². The zero-order valence-electron chi connectivity index (χ0n) is 14.2. The lowest BCUT2D eigenvalue weighted by atomic mass is 9.70. The van der Waals surface area contributed by atoms with Crippen LogP contribution in [-0.2, 0) is 14.8 Å². The molecule has 2 saturated carbocycles. The van der Waals surface area contributed by atoms with Gasteiger partial charge in [0.2, 0.25) is 10.0 Å². The maximum absolute atomic E-state index is 13.0. The molecule has 0 radical (unpaired) electrons. The SMILES string of the molecule is CCN1CCN(S(=O)(=O)C[C@@]2(C)[C@H]3CC[C@]2(C)C(=O)[C@@H]3Br)CC1. The van der Waals surface area contributed by atoms with Crippen molar-refractivity contribution in [1.82, 2.24) is 9.21 Å². The molecule has 3 fully saturated rings. The van der Waals surface area contributed by atoms with Crippen molar-refractivity contribution in [2.24, 2.45) is 16.7 Å². The number of carbonyl (C=O) groups excluding carboxylic acids is 1. The van der Waals surface area contributed by atoms with E-state index in [1.165, 1.54) is 0 Å². The van der Waals surface area contributed by atoms with Gasteiger partial charge < -0.3 is 4.90 Å². The lowest BCUT2D eigenvalue weighted by Crippen LogP contribution is -2.52. The second-order valence-corrected chi connectivity index (χ2v) is 10.7. The molecule has 132 valence electrons. The molecule has 1 heterocycles. The minimum atomic E-state index is -3.33.